The number of nitrogens with zero attached hydrogens (tertiary/aromatic N) is 4. The lowest BCUT2D eigenvalue weighted by Crippen LogP contribution is -2.04. The van der Waals surface area contributed by atoms with Gasteiger partial charge in [-0.05, 0) is 26.0 Å². The first kappa shape index (κ1) is 13.9. The average Bonchev–Trinajstić information content (AvgIpc) is 2.79. The molecule has 0 aliphatic carbocycles. The average molecular weight is 295 g/mol. The van der Waals surface area contributed by atoms with Crippen molar-refractivity contribution >= 4 is 22.5 Å². The van der Waals surface area contributed by atoms with Crippen molar-refractivity contribution in [2.75, 3.05) is 0 Å². The van der Waals surface area contributed by atoms with E-state index in [0.717, 1.165) is 0 Å². The number of hydrogen-bond acceptors (Lipinski definition) is 5. The molecule has 0 aliphatic rings. The number of aromatic amines is 1. The van der Waals surface area contributed by atoms with E-state index in [1.807, 2.05) is 12.1 Å². The van der Waals surface area contributed by atoms with Crippen LogP contribution in [0.2, 0.25) is 0 Å². The van der Waals surface area contributed by atoms with E-state index >= 15 is 0 Å². The number of H-pyrrole nitrogens is 1. The molecule has 0 saturated heterocycles. The number of para-hydroxylation sites is 1. The van der Waals surface area contributed by atoms with Gasteiger partial charge in [-0.3, -0.25) is 4.79 Å². The maximum atomic E-state index is 12.0. The predicted molar refractivity (Wildman–Crippen MR) is 80.3 cm³/mol. The van der Waals surface area contributed by atoms with Gasteiger partial charge in [0.15, 0.2) is 5.69 Å². The van der Waals surface area contributed by atoms with Gasteiger partial charge in [0.05, 0.1) is 5.52 Å². The van der Waals surface area contributed by atoms with Crippen molar-refractivity contribution in [3.8, 4) is 5.88 Å². The molecule has 3 rings (SSSR count). The van der Waals surface area contributed by atoms with E-state index in [9.17, 15) is 9.90 Å². The number of rotatable bonds is 2. The lowest BCUT2D eigenvalue weighted by atomic mass is 10.2. The van der Waals surface area contributed by atoms with Crippen molar-refractivity contribution in [2.24, 2.45) is 10.2 Å². The minimum Gasteiger partial charge on any atom is -0.493 e. The molecule has 1 amide bonds. The van der Waals surface area contributed by atoms with Crippen LogP contribution in [0, 0.1) is 13.8 Å². The Morgan fingerprint density at radius 3 is 2.59 bits per heavy atom. The molecule has 0 spiro atoms. The highest BCUT2D eigenvalue weighted by atomic mass is 16.3. The zero-order chi connectivity index (χ0) is 15.7. The van der Waals surface area contributed by atoms with E-state index in [-0.39, 0.29) is 17.4 Å². The molecule has 1 aromatic carbocycles. The van der Waals surface area contributed by atoms with E-state index in [1.165, 1.54) is 0 Å². The summed E-state index contributed by atoms with van der Waals surface area (Å²) in [5.41, 5.74) is 2.29. The number of nitrogens with one attached hydrogen (secondary N) is 1. The van der Waals surface area contributed by atoms with Crippen molar-refractivity contribution in [3.63, 3.8) is 0 Å². The zero-order valence-electron chi connectivity index (χ0n) is 12.0. The Bertz CT molecular complexity index is 878. The lowest BCUT2D eigenvalue weighted by Gasteiger charge is -1.98. The molecule has 2 aromatic heterocycles. The predicted octanol–water partition coefficient (Wildman–Crippen LogP) is 3.20. The largest absolute Gasteiger partial charge is 0.493 e. The quantitative estimate of drug-likeness (QED) is 0.708. The highest BCUT2D eigenvalue weighted by Crippen LogP contribution is 2.35. The van der Waals surface area contributed by atoms with Gasteiger partial charge in [0.25, 0.3) is 0 Å². The third-order valence-corrected chi connectivity index (χ3v) is 3.07. The van der Waals surface area contributed by atoms with Crippen LogP contribution >= 0.6 is 0 Å². The molecule has 0 atom stereocenters. The van der Waals surface area contributed by atoms with Gasteiger partial charge in [-0.2, -0.15) is 0 Å². The van der Waals surface area contributed by atoms with Crippen LogP contribution in [0.4, 0.5) is 5.69 Å². The summed E-state index contributed by atoms with van der Waals surface area (Å²) in [6.45, 7) is 3.54. The topological polar surface area (TPSA) is 104 Å². The molecule has 0 saturated carbocycles. The van der Waals surface area contributed by atoms with Gasteiger partial charge in [-0.15, -0.1) is 10.2 Å². The molecule has 0 bridgehead atoms. The lowest BCUT2D eigenvalue weighted by molar-refractivity contribution is 0.0984. The summed E-state index contributed by atoms with van der Waals surface area (Å²) in [4.78, 5) is 22.9. The van der Waals surface area contributed by atoms with Crippen LogP contribution in [0.15, 0.2) is 40.6 Å². The van der Waals surface area contributed by atoms with E-state index in [0.29, 0.717) is 22.3 Å². The number of hydrogen-bond donors (Lipinski definition) is 2. The van der Waals surface area contributed by atoms with Crippen LogP contribution in [-0.2, 0) is 0 Å². The minimum atomic E-state index is -0.656. The van der Waals surface area contributed by atoms with Crippen LogP contribution < -0.4 is 0 Å². The fraction of sp³-hybridized carbons (Fsp3) is 0.133. The van der Waals surface area contributed by atoms with Crippen LogP contribution in [0.25, 0.3) is 10.9 Å². The van der Waals surface area contributed by atoms with Gasteiger partial charge in [0, 0.05) is 16.8 Å². The Balaban J connectivity index is 1.95. The van der Waals surface area contributed by atoms with Crippen molar-refractivity contribution in [2.45, 2.75) is 13.8 Å². The SMILES string of the molecule is Cc1cc(C)nc(C(=O)N=Nc2c(O)[nH]c3ccccc23)n1. The van der Waals surface area contributed by atoms with Crippen molar-refractivity contribution in [1.29, 1.82) is 0 Å². The van der Waals surface area contributed by atoms with Gasteiger partial charge in [-0.25, -0.2) is 9.97 Å². The maximum absolute atomic E-state index is 12.0. The highest BCUT2D eigenvalue weighted by molar-refractivity contribution is 5.95. The molecule has 0 unspecified atom stereocenters. The van der Waals surface area contributed by atoms with Gasteiger partial charge in [0.1, 0.15) is 0 Å². The number of benzene rings is 1. The minimum absolute atomic E-state index is 0.0134. The molecule has 2 N–H and O–H groups in total. The van der Waals surface area contributed by atoms with Crippen molar-refractivity contribution in [3.05, 3.63) is 47.5 Å². The normalized spacial score (nSPS) is 11.4. The summed E-state index contributed by atoms with van der Waals surface area (Å²) in [6, 6.07) is 8.97. The number of amides is 1. The number of carbonyl (C=O) groups is 1. The molecule has 3 aromatic rings. The molecule has 110 valence electrons. The van der Waals surface area contributed by atoms with Gasteiger partial charge in [0.2, 0.25) is 11.7 Å². The molecule has 7 nitrogen and oxygen atoms in total. The maximum Gasteiger partial charge on any atom is 0.333 e. The van der Waals surface area contributed by atoms with Crippen molar-refractivity contribution in [1.82, 2.24) is 15.0 Å². The van der Waals surface area contributed by atoms with E-state index in [4.69, 9.17) is 0 Å². The molecule has 0 aliphatic heterocycles. The molecule has 2 heterocycles. The summed E-state index contributed by atoms with van der Waals surface area (Å²) in [5, 5.41) is 18.0. The van der Waals surface area contributed by atoms with Crippen LogP contribution in [0.5, 0.6) is 5.88 Å². The Hall–Kier alpha value is -3.09. The Morgan fingerprint density at radius 2 is 1.86 bits per heavy atom. The molecule has 22 heavy (non-hydrogen) atoms. The third kappa shape index (κ3) is 2.56. The number of aryl methyl sites for hydroxylation is 2. The summed E-state index contributed by atoms with van der Waals surface area (Å²) in [7, 11) is 0. The molecule has 0 fully saturated rings. The first-order valence-corrected chi connectivity index (χ1v) is 6.62. The van der Waals surface area contributed by atoms with Gasteiger partial charge in [-0.1, -0.05) is 18.2 Å². The number of aromatic hydroxyl groups is 1. The zero-order valence-corrected chi connectivity index (χ0v) is 12.0. The monoisotopic (exact) mass is 295 g/mol. The standard InChI is InChI=1S/C15H13N5O2/c1-8-7-9(2)17-13(16-8)15(22)20-19-12-10-5-3-4-6-11(10)18-14(12)21/h3-7,18,21H,1-2H3. The summed E-state index contributed by atoms with van der Waals surface area (Å²) >= 11 is 0. The third-order valence-electron chi connectivity index (χ3n) is 3.07. The Morgan fingerprint density at radius 1 is 1.18 bits per heavy atom. The number of carbonyl (C=O) groups excluding carboxylic acids is 1. The van der Waals surface area contributed by atoms with Crippen LogP contribution in [0.3, 0.4) is 0 Å². The fourth-order valence-corrected chi connectivity index (χ4v) is 2.18. The second-order valence-electron chi connectivity index (χ2n) is 4.85. The fourth-order valence-electron chi connectivity index (χ4n) is 2.18. The number of fused-ring (bicyclic) bond motifs is 1. The molecule has 0 radical (unpaired) electrons. The van der Waals surface area contributed by atoms with Gasteiger partial charge >= 0.3 is 5.91 Å². The first-order valence-electron chi connectivity index (χ1n) is 6.62. The summed E-state index contributed by atoms with van der Waals surface area (Å²) in [5.74, 6) is -0.809. The second kappa shape index (κ2) is 5.36. The van der Waals surface area contributed by atoms with E-state index in [2.05, 4.69) is 25.2 Å². The summed E-state index contributed by atoms with van der Waals surface area (Å²) < 4.78 is 0. The number of azo groups is 1. The summed E-state index contributed by atoms with van der Waals surface area (Å²) in [6.07, 6.45) is 0. The molecule has 7 heteroatoms. The van der Waals surface area contributed by atoms with Crippen molar-refractivity contribution < 1.29 is 9.90 Å². The first-order chi connectivity index (χ1) is 10.5. The smallest absolute Gasteiger partial charge is 0.333 e. The second-order valence-corrected chi connectivity index (χ2v) is 4.85. The van der Waals surface area contributed by atoms with E-state index in [1.54, 1.807) is 32.0 Å². The Labute approximate surface area is 125 Å². The molecular formula is C15H13N5O2. The van der Waals surface area contributed by atoms with Gasteiger partial charge < -0.3 is 10.1 Å². The van der Waals surface area contributed by atoms with Crippen LogP contribution in [0.1, 0.15) is 22.0 Å². The highest BCUT2D eigenvalue weighted by Gasteiger charge is 2.13. The van der Waals surface area contributed by atoms with E-state index < -0.39 is 5.91 Å². The molecular weight excluding hydrogens is 282 g/mol. The number of aromatic nitrogens is 3. The van der Waals surface area contributed by atoms with Crippen LogP contribution in [-0.4, -0.2) is 26.0 Å². The Kier molecular flexibility index (Phi) is 3.38.